The zero-order chi connectivity index (χ0) is 32.7. The van der Waals surface area contributed by atoms with Crippen LogP contribution >= 0.6 is 6.64 Å². The number of nitrogen functional groups attached to an aromatic ring is 1. The maximum absolute atomic E-state index is 14.8. The lowest BCUT2D eigenvalue weighted by Gasteiger charge is -2.34. The summed E-state index contributed by atoms with van der Waals surface area (Å²) in [5.74, 6) is -0.784. The number of nitrogens with zero attached hydrogens (tertiary/aromatic N) is 3. The molecular formula is C27H31F2N6O8PS. The highest BCUT2D eigenvalue weighted by molar-refractivity contribution is 8.09. The smallest absolute Gasteiger partial charge is 0.323 e. The van der Waals surface area contributed by atoms with Crippen LogP contribution in [0.4, 0.5) is 14.7 Å². The predicted octanol–water partition coefficient (Wildman–Crippen LogP) is 2.36. The van der Waals surface area contributed by atoms with Crippen LogP contribution in [0.2, 0.25) is 0 Å². The number of aromatic nitrogens is 4. The van der Waals surface area contributed by atoms with Gasteiger partial charge in [-0.3, -0.25) is 19.1 Å². The Morgan fingerprint density at radius 1 is 1.24 bits per heavy atom. The third kappa shape index (κ3) is 6.56. The van der Waals surface area contributed by atoms with Crippen LogP contribution < -0.4 is 20.9 Å². The van der Waals surface area contributed by atoms with E-state index in [1.165, 1.54) is 6.92 Å². The van der Waals surface area contributed by atoms with E-state index in [4.69, 9.17) is 36.1 Å². The number of nitrogens with one attached hydrogen (secondary N) is 2. The number of aromatic amines is 1. The van der Waals surface area contributed by atoms with E-state index in [1.807, 2.05) is 24.3 Å². The van der Waals surface area contributed by atoms with Crippen LogP contribution in [0.15, 0.2) is 53.6 Å². The summed E-state index contributed by atoms with van der Waals surface area (Å²) in [6.45, 7) is -0.253. The molecule has 18 heteroatoms. The molecule has 1 fully saturated rings. The van der Waals surface area contributed by atoms with Gasteiger partial charge in [0.15, 0.2) is 23.0 Å². The molecule has 5 rings (SSSR count). The number of carbonyl (C=O) groups excluding carboxylic acids is 1. The van der Waals surface area contributed by atoms with Crippen molar-refractivity contribution in [1.82, 2.24) is 24.6 Å². The Morgan fingerprint density at radius 2 is 1.96 bits per heavy atom. The van der Waals surface area contributed by atoms with Crippen molar-refractivity contribution in [3.63, 3.8) is 0 Å². The minimum atomic E-state index is -3.90. The quantitative estimate of drug-likeness (QED) is 0.116. The minimum absolute atomic E-state index is 0.178. The van der Waals surface area contributed by atoms with Gasteiger partial charge in [-0.2, -0.15) is 4.98 Å². The molecule has 0 radical (unpaired) electrons. The first kappa shape index (κ1) is 32.8. The number of esters is 1. The Balaban J connectivity index is 1.46. The van der Waals surface area contributed by atoms with Crippen LogP contribution in [0.25, 0.3) is 21.9 Å². The van der Waals surface area contributed by atoms with Gasteiger partial charge in [-0.25, -0.2) is 18.9 Å². The highest BCUT2D eigenvalue weighted by Gasteiger charge is 2.61. The Hall–Kier alpha value is -3.57. The lowest BCUT2D eigenvalue weighted by molar-refractivity contribution is -0.191. The number of hydrogen-bond acceptors (Lipinski definition) is 12. The zero-order valence-corrected chi connectivity index (χ0v) is 25.9. The molecule has 1 aliphatic rings. The lowest BCUT2D eigenvalue weighted by Crippen LogP contribution is -2.53. The van der Waals surface area contributed by atoms with Crippen molar-refractivity contribution in [2.45, 2.75) is 63.4 Å². The Kier molecular flexibility index (Phi) is 9.24. The van der Waals surface area contributed by atoms with Crippen LogP contribution in [-0.4, -0.2) is 78.7 Å². The Bertz CT molecular complexity index is 1820. The molecule has 0 bridgehead atoms. The summed E-state index contributed by atoms with van der Waals surface area (Å²) < 4.78 is 53.4. The van der Waals surface area contributed by atoms with E-state index in [9.17, 15) is 28.6 Å². The fourth-order valence-electron chi connectivity index (χ4n) is 4.79. The van der Waals surface area contributed by atoms with E-state index in [-0.39, 0.29) is 22.9 Å². The summed E-state index contributed by atoms with van der Waals surface area (Å²) in [5, 5.41) is 26.3. The second-order valence-corrected chi connectivity index (χ2v) is 13.8. The Morgan fingerprint density at radius 3 is 2.64 bits per heavy atom. The van der Waals surface area contributed by atoms with Gasteiger partial charge in [-0.15, -0.1) is 0 Å². The normalized spacial score (nSPS) is 23.9. The first-order valence-electron chi connectivity index (χ1n) is 13.7. The van der Waals surface area contributed by atoms with Gasteiger partial charge in [0, 0.05) is 0 Å². The van der Waals surface area contributed by atoms with Crippen LogP contribution in [0.5, 0.6) is 5.75 Å². The van der Waals surface area contributed by atoms with Gasteiger partial charge in [0.1, 0.15) is 24.0 Å². The van der Waals surface area contributed by atoms with Crippen LogP contribution in [0.3, 0.4) is 0 Å². The SMILES string of the molecule is CC(C)OC(=O)[C@H](C)NP(=S)(OC[C@@]1(C(F)F)O[C@@H](n2cnc3c(=O)[nH]c(N)nc32)[C@H](O)[C@@H]1O)Oc1ccc2ccccc2c1. The highest BCUT2D eigenvalue weighted by atomic mass is 32.5. The molecule has 1 saturated heterocycles. The van der Waals surface area contributed by atoms with Crippen molar-refractivity contribution >= 4 is 52.3 Å². The summed E-state index contributed by atoms with van der Waals surface area (Å²) in [6.07, 6.45) is -8.74. The number of alkyl halides is 2. The summed E-state index contributed by atoms with van der Waals surface area (Å²) in [6, 6.07) is 11.3. The molecule has 3 heterocycles. The maximum Gasteiger partial charge on any atom is 0.323 e. The molecule has 0 aliphatic carbocycles. The van der Waals surface area contributed by atoms with Gasteiger partial charge in [0.2, 0.25) is 5.95 Å². The molecule has 6 N–H and O–H groups in total. The van der Waals surface area contributed by atoms with E-state index in [1.54, 1.807) is 32.0 Å². The van der Waals surface area contributed by atoms with Gasteiger partial charge < -0.3 is 34.5 Å². The molecule has 14 nitrogen and oxygen atoms in total. The number of benzene rings is 2. The molecule has 1 aliphatic heterocycles. The van der Waals surface area contributed by atoms with E-state index in [2.05, 4.69) is 20.0 Å². The minimum Gasteiger partial charge on any atom is -0.462 e. The summed E-state index contributed by atoms with van der Waals surface area (Å²) >= 11 is 5.68. The fraction of sp³-hybridized carbons (Fsp3) is 0.407. The molecule has 45 heavy (non-hydrogen) atoms. The highest BCUT2D eigenvalue weighted by Crippen LogP contribution is 2.50. The molecule has 1 unspecified atom stereocenters. The maximum atomic E-state index is 14.8. The predicted molar refractivity (Wildman–Crippen MR) is 162 cm³/mol. The number of imidazole rings is 1. The first-order chi connectivity index (χ1) is 21.2. The third-order valence-electron chi connectivity index (χ3n) is 7.01. The van der Waals surface area contributed by atoms with Gasteiger partial charge in [-0.05, 0) is 55.5 Å². The number of aliphatic hydroxyl groups is 2. The van der Waals surface area contributed by atoms with E-state index < -0.39 is 67.4 Å². The number of H-pyrrole nitrogens is 1. The molecule has 0 amide bonds. The number of halogens is 2. The summed E-state index contributed by atoms with van der Waals surface area (Å²) in [5.41, 5.74) is 1.68. The average molecular weight is 669 g/mol. The van der Waals surface area contributed by atoms with Crippen molar-refractivity contribution in [2.75, 3.05) is 12.3 Å². The van der Waals surface area contributed by atoms with Crippen LogP contribution in [0.1, 0.15) is 27.0 Å². The van der Waals surface area contributed by atoms with Crippen LogP contribution in [0, 0.1) is 0 Å². The second-order valence-electron chi connectivity index (χ2n) is 10.7. The number of nitrogens with two attached hydrogens (primary N) is 1. The second kappa shape index (κ2) is 12.7. The number of fused-ring (bicyclic) bond motifs is 2. The molecular weight excluding hydrogens is 637 g/mol. The molecule has 2 aromatic carbocycles. The number of rotatable bonds is 11. The number of aliphatic hydroxyl groups excluding tert-OH is 2. The lowest BCUT2D eigenvalue weighted by atomic mass is 9.96. The molecule has 242 valence electrons. The summed E-state index contributed by atoms with van der Waals surface area (Å²) in [4.78, 5) is 35.0. The van der Waals surface area contributed by atoms with Crippen molar-refractivity contribution in [3.05, 3.63) is 59.1 Å². The third-order valence-corrected chi connectivity index (χ3v) is 9.49. The Labute approximate surface area is 259 Å². The van der Waals surface area contributed by atoms with E-state index >= 15 is 0 Å². The molecule has 6 atom stereocenters. The first-order valence-corrected chi connectivity index (χ1v) is 16.3. The number of carbonyl (C=O) groups is 1. The van der Waals surface area contributed by atoms with Gasteiger partial charge >= 0.3 is 12.6 Å². The van der Waals surface area contributed by atoms with Crippen molar-refractivity contribution in [1.29, 1.82) is 0 Å². The van der Waals surface area contributed by atoms with E-state index in [0.29, 0.717) is 0 Å². The van der Waals surface area contributed by atoms with Crippen molar-refractivity contribution in [3.8, 4) is 5.75 Å². The largest absolute Gasteiger partial charge is 0.462 e. The number of ether oxygens (including phenoxy) is 2. The molecule has 2 aromatic heterocycles. The van der Waals surface area contributed by atoms with Crippen molar-refractivity contribution < 1.29 is 42.3 Å². The monoisotopic (exact) mass is 668 g/mol. The average Bonchev–Trinajstić information content (AvgIpc) is 3.50. The molecule has 0 spiro atoms. The van der Waals surface area contributed by atoms with Crippen molar-refractivity contribution in [2.24, 2.45) is 0 Å². The fourth-order valence-corrected chi connectivity index (χ4v) is 7.20. The zero-order valence-electron chi connectivity index (χ0n) is 24.2. The van der Waals surface area contributed by atoms with Gasteiger partial charge in [0.05, 0.1) is 19.0 Å². The van der Waals surface area contributed by atoms with Gasteiger partial charge in [0.25, 0.3) is 12.0 Å². The van der Waals surface area contributed by atoms with E-state index in [0.717, 1.165) is 21.7 Å². The molecule has 0 saturated carbocycles. The molecule has 4 aromatic rings. The number of hydrogen-bond donors (Lipinski definition) is 5. The number of anilines is 1. The standard InChI is InChI=1S/C27H31F2N6O8PS/c1-13(2)41-24(39)14(3)34-44(45,43-17-9-8-15-6-4-5-7-16(15)10-17)40-11-27(25(28)29)20(37)19(36)23(42-27)35-12-31-18-21(35)32-26(30)33-22(18)38/h4-10,12-14,19-20,23,25,36-37H,11H2,1-3H3,(H,34,45)(H3,30,32,33,38)/t14-,19+,20-,23+,27+,44?/m0/s1. The topological polar surface area (TPSA) is 196 Å². The van der Waals surface area contributed by atoms with Gasteiger partial charge in [-0.1, -0.05) is 30.3 Å². The summed E-state index contributed by atoms with van der Waals surface area (Å²) in [7, 11) is 0. The van der Waals surface area contributed by atoms with Crippen LogP contribution in [-0.2, 0) is 30.6 Å².